The van der Waals surface area contributed by atoms with E-state index in [2.05, 4.69) is 196 Å². The van der Waals surface area contributed by atoms with Gasteiger partial charge in [0, 0.05) is 0 Å². The summed E-state index contributed by atoms with van der Waals surface area (Å²) in [7, 11) is 3.39. The SMILES string of the molecule is COc1ccc(/C(=C(/c2ccccc2)c2ccc(-c3sc(-c4ccc(/C(=C(\c5ccc(C)cc5)c5ccc(OC)cc5)c5ccccc5)cc4)c(N)c3N)cc2)c2ccc(C)cc2)cc1. The van der Waals surface area contributed by atoms with Gasteiger partial charge in [-0.25, -0.2) is 0 Å². The molecule has 4 nitrogen and oxygen atoms in total. The summed E-state index contributed by atoms with van der Waals surface area (Å²) in [5.41, 5.74) is 32.8. The molecule has 9 rings (SSSR count). The summed E-state index contributed by atoms with van der Waals surface area (Å²) in [5.74, 6) is 1.63. The monoisotopic (exact) mass is 862 g/mol. The van der Waals surface area contributed by atoms with Crippen LogP contribution in [0.2, 0.25) is 0 Å². The molecule has 0 bridgehead atoms. The molecule has 4 N–H and O–H groups in total. The maximum absolute atomic E-state index is 6.90. The standard InChI is InChI=1S/C60H50N2O2S/c1-39-15-19-43(20-16-39)55(47-31-35-51(63-3)36-32-47)53(41-11-7-5-8-12-41)45-23-27-49(28-24-45)59-57(61)58(62)60(65-59)50-29-25-46(26-30-50)54(42-13-9-6-10-14-42)56(44-21-17-40(2)18-22-44)48-33-37-52(64-4)38-34-48/h5-38H,61-62H2,1-4H3/b55-53-,56-54+. The summed E-state index contributed by atoms with van der Waals surface area (Å²) in [5, 5.41) is 0. The largest absolute Gasteiger partial charge is 0.497 e. The van der Waals surface area contributed by atoms with Crippen LogP contribution in [0, 0.1) is 13.8 Å². The Labute approximate surface area is 386 Å². The first-order chi connectivity index (χ1) is 31.8. The number of hydrogen-bond donors (Lipinski definition) is 2. The first-order valence-electron chi connectivity index (χ1n) is 21.7. The number of nitrogen functional groups attached to an aromatic ring is 2. The Balaban J connectivity index is 1.12. The van der Waals surface area contributed by atoms with Crippen molar-refractivity contribution >= 4 is 45.0 Å². The van der Waals surface area contributed by atoms with Gasteiger partial charge in [0.1, 0.15) is 11.5 Å². The van der Waals surface area contributed by atoms with Crippen molar-refractivity contribution in [3.8, 4) is 32.4 Å². The number of benzene rings is 8. The third-order valence-electron chi connectivity index (χ3n) is 11.9. The van der Waals surface area contributed by atoms with E-state index in [1.54, 1.807) is 25.6 Å². The lowest BCUT2D eigenvalue weighted by atomic mass is 9.85. The van der Waals surface area contributed by atoms with Gasteiger partial charge in [-0.2, -0.15) is 0 Å². The van der Waals surface area contributed by atoms with Crippen molar-refractivity contribution in [1.82, 2.24) is 0 Å². The summed E-state index contributed by atoms with van der Waals surface area (Å²) in [4.78, 5) is 1.89. The molecule has 8 aromatic carbocycles. The molecule has 0 amide bonds. The van der Waals surface area contributed by atoms with Crippen LogP contribution < -0.4 is 20.9 Å². The second kappa shape index (κ2) is 18.9. The van der Waals surface area contributed by atoms with E-state index in [-0.39, 0.29) is 0 Å². The van der Waals surface area contributed by atoms with Crippen LogP contribution in [-0.2, 0) is 0 Å². The second-order valence-corrected chi connectivity index (χ2v) is 17.2. The summed E-state index contributed by atoms with van der Waals surface area (Å²) >= 11 is 1.63. The summed E-state index contributed by atoms with van der Waals surface area (Å²) in [6.07, 6.45) is 0. The van der Waals surface area contributed by atoms with Gasteiger partial charge >= 0.3 is 0 Å². The Kier molecular flexibility index (Phi) is 12.3. The summed E-state index contributed by atoms with van der Waals surface area (Å²) in [6.45, 7) is 4.24. The molecular weight excluding hydrogens is 813 g/mol. The number of rotatable bonds is 12. The van der Waals surface area contributed by atoms with Gasteiger partial charge in [0.25, 0.3) is 0 Å². The molecule has 65 heavy (non-hydrogen) atoms. The molecule has 0 aliphatic rings. The summed E-state index contributed by atoms with van der Waals surface area (Å²) < 4.78 is 11.1. The fourth-order valence-corrected chi connectivity index (χ4v) is 9.60. The van der Waals surface area contributed by atoms with Gasteiger partial charge in [-0.15, -0.1) is 11.3 Å². The Morgan fingerprint density at radius 2 is 0.569 bits per heavy atom. The maximum Gasteiger partial charge on any atom is 0.118 e. The molecule has 0 aliphatic carbocycles. The molecule has 0 aliphatic heterocycles. The van der Waals surface area contributed by atoms with Gasteiger partial charge in [-0.3, -0.25) is 0 Å². The molecule has 0 saturated heterocycles. The van der Waals surface area contributed by atoms with Crippen LogP contribution in [0.4, 0.5) is 11.4 Å². The zero-order valence-electron chi connectivity index (χ0n) is 37.0. The van der Waals surface area contributed by atoms with Crippen molar-refractivity contribution in [2.24, 2.45) is 0 Å². The molecule has 0 saturated carbocycles. The number of methoxy groups -OCH3 is 2. The molecule has 1 heterocycles. The Hall–Kier alpha value is -7.86. The number of aryl methyl sites for hydroxylation is 2. The molecule has 0 atom stereocenters. The van der Waals surface area contributed by atoms with Crippen LogP contribution in [0.3, 0.4) is 0 Å². The zero-order chi connectivity index (χ0) is 44.9. The molecule has 0 radical (unpaired) electrons. The van der Waals surface area contributed by atoms with Crippen molar-refractivity contribution in [2.75, 3.05) is 25.7 Å². The first kappa shape index (κ1) is 42.4. The number of hydrogen-bond acceptors (Lipinski definition) is 5. The van der Waals surface area contributed by atoms with E-state index < -0.39 is 0 Å². The molecule has 0 fully saturated rings. The molecule has 318 valence electrons. The number of nitrogens with two attached hydrogens (primary N) is 2. The fraction of sp³-hybridized carbons (Fsp3) is 0.0667. The lowest BCUT2D eigenvalue weighted by Gasteiger charge is -2.19. The van der Waals surface area contributed by atoms with Gasteiger partial charge in [0.2, 0.25) is 0 Å². The van der Waals surface area contributed by atoms with E-state index >= 15 is 0 Å². The maximum atomic E-state index is 6.90. The molecule has 0 unspecified atom stereocenters. The van der Waals surface area contributed by atoms with Crippen LogP contribution in [0.25, 0.3) is 43.2 Å². The highest BCUT2D eigenvalue weighted by Gasteiger charge is 2.21. The Morgan fingerprint density at radius 3 is 0.846 bits per heavy atom. The minimum Gasteiger partial charge on any atom is -0.497 e. The van der Waals surface area contributed by atoms with E-state index in [9.17, 15) is 0 Å². The van der Waals surface area contributed by atoms with Crippen molar-refractivity contribution in [3.63, 3.8) is 0 Å². The number of thiophene rings is 1. The number of anilines is 2. The molecule has 1 aromatic heterocycles. The quantitative estimate of drug-likeness (QED) is 0.120. The van der Waals surface area contributed by atoms with Crippen LogP contribution in [0.5, 0.6) is 11.5 Å². The van der Waals surface area contributed by atoms with E-state index in [0.29, 0.717) is 11.4 Å². The summed E-state index contributed by atoms with van der Waals surface area (Å²) in [6, 6.07) is 72.8. The minimum atomic E-state index is 0.588. The van der Waals surface area contributed by atoms with Crippen LogP contribution >= 0.6 is 11.3 Å². The van der Waals surface area contributed by atoms with Gasteiger partial charge in [0.05, 0.1) is 35.3 Å². The van der Waals surface area contributed by atoms with E-state index in [0.717, 1.165) is 99.2 Å². The van der Waals surface area contributed by atoms with Gasteiger partial charge in [-0.1, -0.05) is 193 Å². The fourth-order valence-electron chi connectivity index (χ4n) is 8.45. The molecular formula is C60H50N2O2S. The van der Waals surface area contributed by atoms with Gasteiger partial charge in [0.15, 0.2) is 0 Å². The molecule has 9 aromatic rings. The van der Waals surface area contributed by atoms with Gasteiger partial charge in [-0.05, 0) is 116 Å². The third kappa shape index (κ3) is 8.88. The Bertz CT molecular complexity index is 2900. The van der Waals surface area contributed by atoms with Crippen molar-refractivity contribution in [3.05, 3.63) is 262 Å². The predicted molar refractivity (Wildman–Crippen MR) is 275 cm³/mol. The van der Waals surface area contributed by atoms with Crippen molar-refractivity contribution < 1.29 is 9.47 Å². The predicted octanol–water partition coefficient (Wildman–Crippen LogP) is 14.9. The average molecular weight is 863 g/mol. The smallest absolute Gasteiger partial charge is 0.118 e. The van der Waals surface area contributed by atoms with Crippen molar-refractivity contribution in [1.29, 1.82) is 0 Å². The zero-order valence-corrected chi connectivity index (χ0v) is 37.8. The topological polar surface area (TPSA) is 70.5 Å². The lowest BCUT2D eigenvalue weighted by Crippen LogP contribution is -1.98. The van der Waals surface area contributed by atoms with E-state index in [4.69, 9.17) is 20.9 Å². The highest BCUT2D eigenvalue weighted by molar-refractivity contribution is 7.20. The van der Waals surface area contributed by atoms with Crippen molar-refractivity contribution in [2.45, 2.75) is 13.8 Å². The van der Waals surface area contributed by atoms with E-state index in [1.165, 1.54) is 11.1 Å². The van der Waals surface area contributed by atoms with Gasteiger partial charge < -0.3 is 20.9 Å². The highest BCUT2D eigenvalue weighted by atomic mass is 32.1. The highest BCUT2D eigenvalue weighted by Crippen LogP contribution is 2.48. The molecule has 0 spiro atoms. The average Bonchev–Trinajstić information content (AvgIpc) is 3.66. The molecule has 5 heteroatoms. The Morgan fingerprint density at radius 1 is 0.323 bits per heavy atom. The lowest BCUT2D eigenvalue weighted by molar-refractivity contribution is 0.414. The minimum absolute atomic E-state index is 0.588. The normalized spacial score (nSPS) is 12.0. The number of ether oxygens (including phenoxy) is 2. The van der Waals surface area contributed by atoms with Crippen LogP contribution in [0.1, 0.15) is 55.6 Å². The van der Waals surface area contributed by atoms with Crippen LogP contribution in [0.15, 0.2) is 206 Å². The van der Waals surface area contributed by atoms with Crippen LogP contribution in [-0.4, -0.2) is 14.2 Å². The third-order valence-corrected chi connectivity index (χ3v) is 13.2. The second-order valence-electron chi connectivity index (χ2n) is 16.2. The first-order valence-corrected chi connectivity index (χ1v) is 22.5. The van der Waals surface area contributed by atoms with E-state index in [1.807, 2.05) is 24.3 Å².